The topological polar surface area (TPSA) is 66.9 Å². The van der Waals surface area contributed by atoms with Crippen molar-refractivity contribution in [2.45, 2.75) is 6.54 Å². The molecular formula is C22H21FN4O3S. The van der Waals surface area contributed by atoms with Crippen LogP contribution < -0.4 is 24.6 Å². The first-order valence-corrected chi connectivity index (χ1v) is 10.9. The van der Waals surface area contributed by atoms with Gasteiger partial charge in [0.1, 0.15) is 11.5 Å². The number of ether oxygens (including phenoxy) is 2. The summed E-state index contributed by atoms with van der Waals surface area (Å²) in [6.07, 6.45) is 0. The van der Waals surface area contributed by atoms with Crippen molar-refractivity contribution in [2.24, 2.45) is 0 Å². The molecule has 0 radical (unpaired) electrons. The first-order valence-electron chi connectivity index (χ1n) is 10.0. The largest absolute Gasteiger partial charge is 0.454 e. The highest BCUT2D eigenvalue weighted by atomic mass is 32.1. The van der Waals surface area contributed by atoms with E-state index in [0.717, 1.165) is 23.8 Å². The van der Waals surface area contributed by atoms with Crippen molar-refractivity contribution in [3.63, 3.8) is 0 Å². The number of fused-ring (bicyclic) bond motifs is 1. The van der Waals surface area contributed by atoms with Crippen molar-refractivity contribution >= 4 is 28.1 Å². The predicted molar refractivity (Wildman–Crippen MR) is 117 cm³/mol. The molecule has 1 amide bonds. The summed E-state index contributed by atoms with van der Waals surface area (Å²) in [5.41, 5.74) is 1.96. The van der Waals surface area contributed by atoms with Crippen molar-refractivity contribution < 1.29 is 18.7 Å². The van der Waals surface area contributed by atoms with E-state index in [2.05, 4.69) is 15.2 Å². The SMILES string of the molecule is O=C(NCc1ccc2c(c1)OCO2)c1csc(N2CCN(c3ccccc3F)CC2)n1. The van der Waals surface area contributed by atoms with Gasteiger partial charge in [-0.15, -0.1) is 11.3 Å². The van der Waals surface area contributed by atoms with Gasteiger partial charge in [0, 0.05) is 38.1 Å². The lowest BCUT2D eigenvalue weighted by Crippen LogP contribution is -2.46. The van der Waals surface area contributed by atoms with Gasteiger partial charge < -0.3 is 24.6 Å². The van der Waals surface area contributed by atoms with Crippen LogP contribution in [0.5, 0.6) is 11.5 Å². The van der Waals surface area contributed by atoms with E-state index in [9.17, 15) is 9.18 Å². The fourth-order valence-electron chi connectivity index (χ4n) is 3.68. The molecule has 2 aliphatic heterocycles. The summed E-state index contributed by atoms with van der Waals surface area (Å²) in [6, 6.07) is 12.4. The van der Waals surface area contributed by atoms with Crippen LogP contribution in [-0.4, -0.2) is 43.9 Å². The van der Waals surface area contributed by atoms with Gasteiger partial charge in [0.05, 0.1) is 5.69 Å². The number of halogens is 1. The molecule has 5 rings (SSSR count). The molecule has 1 N–H and O–H groups in total. The third kappa shape index (κ3) is 4.13. The summed E-state index contributed by atoms with van der Waals surface area (Å²) in [6.45, 7) is 3.45. The van der Waals surface area contributed by atoms with E-state index < -0.39 is 0 Å². The molecule has 0 bridgehead atoms. The van der Waals surface area contributed by atoms with Crippen LogP contribution in [-0.2, 0) is 6.54 Å². The van der Waals surface area contributed by atoms with Crippen LogP contribution in [0.2, 0.25) is 0 Å². The molecule has 0 atom stereocenters. The lowest BCUT2D eigenvalue weighted by molar-refractivity contribution is 0.0946. The Morgan fingerprint density at radius 2 is 1.84 bits per heavy atom. The van der Waals surface area contributed by atoms with E-state index in [1.54, 1.807) is 17.5 Å². The molecule has 0 spiro atoms. The summed E-state index contributed by atoms with van der Waals surface area (Å²) in [7, 11) is 0. The number of thiazole rings is 1. The molecule has 2 aliphatic rings. The van der Waals surface area contributed by atoms with Gasteiger partial charge in [-0.2, -0.15) is 0 Å². The number of amides is 1. The zero-order chi connectivity index (χ0) is 21.2. The van der Waals surface area contributed by atoms with Gasteiger partial charge in [-0.3, -0.25) is 4.79 Å². The molecule has 0 saturated carbocycles. The van der Waals surface area contributed by atoms with Gasteiger partial charge in [-0.05, 0) is 29.8 Å². The maximum atomic E-state index is 14.0. The molecule has 3 aromatic rings. The summed E-state index contributed by atoms with van der Waals surface area (Å²) >= 11 is 1.45. The van der Waals surface area contributed by atoms with Crippen LogP contribution in [0.1, 0.15) is 16.1 Å². The van der Waals surface area contributed by atoms with E-state index in [-0.39, 0.29) is 18.5 Å². The van der Waals surface area contributed by atoms with Crippen molar-refractivity contribution in [1.29, 1.82) is 0 Å². The molecule has 9 heteroatoms. The number of anilines is 2. The molecule has 1 saturated heterocycles. The van der Waals surface area contributed by atoms with Gasteiger partial charge in [0.15, 0.2) is 16.6 Å². The zero-order valence-corrected chi connectivity index (χ0v) is 17.5. The number of carbonyl (C=O) groups excluding carboxylic acids is 1. The Hall–Kier alpha value is -3.33. The highest BCUT2D eigenvalue weighted by Gasteiger charge is 2.22. The predicted octanol–water partition coefficient (Wildman–Crippen LogP) is 3.27. The number of piperazine rings is 1. The third-order valence-corrected chi connectivity index (χ3v) is 6.26. The van der Waals surface area contributed by atoms with Gasteiger partial charge >= 0.3 is 0 Å². The second-order valence-corrected chi connectivity index (χ2v) is 8.15. The summed E-state index contributed by atoms with van der Waals surface area (Å²) in [5.74, 6) is 0.989. The lowest BCUT2D eigenvalue weighted by atomic mass is 10.2. The molecule has 0 aliphatic carbocycles. The van der Waals surface area contributed by atoms with Crippen molar-refractivity contribution in [1.82, 2.24) is 10.3 Å². The lowest BCUT2D eigenvalue weighted by Gasteiger charge is -2.36. The van der Waals surface area contributed by atoms with Crippen LogP contribution in [0.25, 0.3) is 0 Å². The van der Waals surface area contributed by atoms with Crippen molar-refractivity contribution in [3.8, 4) is 11.5 Å². The average Bonchev–Trinajstić information content (AvgIpc) is 3.47. The minimum absolute atomic E-state index is 0.202. The van der Waals surface area contributed by atoms with E-state index >= 15 is 0 Å². The Labute approximate surface area is 183 Å². The summed E-state index contributed by atoms with van der Waals surface area (Å²) in [5, 5.41) is 5.48. The number of carbonyl (C=O) groups is 1. The standard InChI is InChI=1S/C22H21FN4O3S/c23-16-3-1-2-4-18(16)26-7-9-27(10-8-26)22-25-17(13-31-22)21(28)24-12-15-5-6-19-20(11-15)30-14-29-19/h1-6,11,13H,7-10,12,14H2,(H,24,28). The fraction of sp³-hybridized carbons (Fsp3) is 0.273. The Morgan fingerprint density at radius 3 is 2.68 bits per heavy atom. The molecule has 0 unspecified atom stereocenters. The van der Waals surface area contributed by atoms with Crippen molar-refractivity contribution in [2.75, 3.05) is 42.8 Å². The quantitative estimate of drug-likeness (QED) is 0.657. The molecule has 1 aromatic heterocycles. The Balaban J connectivity index is 1.16. The number of nitrogens with zero attached hydrogens (tertiary/aromatic N) is 3. The molecule has 160 valence electrons. The molecular weight excluding hydrogens is 419 g/mol. The summed E-state index contributed by atoms with van der Waals surface area (Å²) < 4.78 is 24.7. The second-order valence-electron chi connectivity index (χ2n) is 7.31. The zero-order valence-electron chi connectivity index (χ0n) is 16.7. The van der Waals surface area contributed by atoms with Crippen LogP contribution >= 0.6 is 11.3 Å². The molecule has 3 heterocycles. The smallest absolute Gasteiger partial charge is 0.271 e. The van der Waals surface area contributed by atoms with E-state index in [1.165, 1.54) is 17.4 Å². The molecule has 2 aromatic carbocycles. The van der Waals surface area contributed by atoms with Gasteiger partial charge in [-0.25, -0.2) is 9.37 Å². The number of hydrogen-bond acceptors (Lipinski definition) is 7. The molecule has 1 fully saturated rings. The van der Waals surface area contributed by atoms with E-state index in [4.69, 9.17) is 9.47 Å². The Kier molecular flexibility index (Phi) is 5.33. The summed E-state index contributed by atoms with van der Waals surface area (Å²) in [4.78, 5) is 21.2. The van der Waals surface area contributed by atoms with Gasteiger partial charge in [0.25, 0.3) is 5.91 Å². The Bertz CT molecular complexity index is 1100. The number of nitrogens with one attached hydrogen (secondary N) is 1. The number of aromatic nitrogens is 1. The number of hydrogen-bond donors (Lipinski definition) is 1. The van der Waals surface area contributed by atoms with Crippen LogP contribution in [0.4, 0.5) is 15.2 Å². The van der Waals surface area contributed by atoms with Gasteiger partial charge in [-0.1, -0.05) is 18.2 Å². The minimum atomic E-state index is -0.217. The van der Waals surface area contributed by atoms with Crippen LogP contribution in [0.15, 0.2) is 47.8 Å². The fourth-order valence-corrected chi connectivity index (χ4v) is 4.54. The first-order chi connectivity index (χ1) is 15.2. The maximum absolute atomic E-state index is 14.0. The van der Waals surface area contributed by atoms with Gasteiger partial charge in [0.2, 0.25) is 6.79 Å². The molecule has 31 heavy (non-hydrogen) atoms. The maximum Gasteiger partial charge on any atom is 0.271 e. The minimum Gasteiger partial charge on any atom is -0.454 e. The molecule has 7 nitrogen and oxygen atoms in total. The normalized spacial score (nSPS) is 15.3. The van der Waals surface area contributed by atoms with Crippen molar-refractivity contribution in [3.05, 3.63) is 64.9 Å². The number of benzene rings is 2. The number of para-hydroxylation sites is 1. The van der Waals surface area contributed by atoms with E-state index in [0.29, 0.717) is 42.5 Å². The second kappa shape index (κ2) is 8.43. The average molecular weight is 441 g/mol. The highest BCUT2D eigenvalue weighted by Crippen LogP contribution is 2.32. The third-order valence-electron chi connectivity index (χ3n) is 5.36. The van der Waals surface area contributed by atoms with Crippen LogP contribution in [0, 0.1) is 5.82 Å². The van der Waals surface area contributed by atoms with Crippen LogP contribution in [0.3, 0.4) is 0 Å². The first kappa shape index (κ1) is 19.6. The monoisotopic (exact) mass is 440 g/mol. The Morgan fingerprint density at radius 1 is 1.06 bits per heavy atom. The van der Waals surface area contributed by atoms with E-state index in [1.807, 2.05) is 29.2 Å². The highest BCUT2D eigenvalue weighted by molar-refractivity contribution is 7.13. The number of rotatable bonds is 5.